The monoisotopic (exact) mass is 302 g/mol. The quantitative estimate of drug-likeness (QED) is 0.764. The second-order valence-corrected chi connectivity index (χ2v) is 5.19. The molecular weight excluding hydrogens is 279 g/mol. The van der Waals surface area contributed by atoms with Gasteiger partial charge in [-0.15, -0.1) is 0 Å². The van der Waals surface area contributed by atoms with Crippen molar-refractivity contribution in [2.24, 2.45) is 0 Å². The number of carboxylic acid groups (broad SMARTS) is 1. The first-order chi connectivity index (χ1) is 9.66. The molecule has 1 unspecified atom stereocenters. The summed E-state index contributed by atoms with van der Waals surface area (Å²) < 4.78 is 5.59. The van der Waals surface area contributed by atoms with Gasteiger partial charge < -0.3 is 14.7 Å². The molecule has 21 heavy (non-hydrogen) atoms. The molecule has 1 saturated heterocycles. The van der Waals surface area contributed by atoms with Gasteiger partial charge in [0.25, 0.3) is 0 Å². The van der Waals surface area contributed by atoms with E-state index < -0.39 is 12.0 Å². The van der Waals surface area contributed by atoms with Crippen LogP contribution >= 0.6 is 0 Å². The number of carbonyl (C=O) groups is 1. The zero-order valence-electron chi connectivity index (χ0n) is 11.9. The summed E-state index contributed by atoms with van der Waals surface area (Å²) in [4.78, 5) is 15.6. The topological polar surface area (TPSA) is 53.0 Å². The summed E-state index contributed by atoms with van der Waals surface area (Å²) in [5.74, 6) is -0.803. The normalized spacial score (nSPS) is 18.0. The molecule has 1 aliphatic heterocycles. The van der Waals surface area contributed by atoms with Crippen LogP contribution in [-0.4, -0.2) is 96.3 Å². The van der Waals surface area contributed by atoms with Crippen molar-refractivity contribution in [3.63, 3.8) is 0 Å². The number of likely N-dealkylation sites (N-methyl/N-ethyl adjacent to an activating group) is 1. The van der Waals surface area contributed by atoms with Gasteiger partial charge >= 0.3 is 35.5 Å². The molecule has 1 atom stereocenters. The number of nitrogens with zero attached hydrogens (tertiary/aromatic N) is 2. The number of rotatable bonds is 6. The van der Waals surface area contributed by atoms with Crippen molar-refractivity contribution >= 4 is 35.5 Å². The molecule has 0 aliphatic carbocycles. The number of aliphatic carboxylic acids is 1. The first-order valence-corrected chi connectivity index (χ1v) is 6.94. The van der Waals surface area contributed by atoms with Gasteiger partial charge in [-0.2, -0.15) is 0 Å². The number of piperazine rings is 1. The van der Waals surface area contributed by atoms with Crippen molar-refractivity contribution < 1.29 is 14.6 Å². The van der Waals surface area contributed by atoms with Crippen LogP contribution in [0.3, 0.4) is 0 Å². The van der Waals surface area contributed by atoms with Crippen LogP contribution in [-0.2, 0) is 16.1 Å². The first-order valence-electron chi connectivity index (χ1n) is 6.94. The summed E-state index contributed by atoms with van der Waals surface area (Å²) in [6.45, 7) is 4.06. The second kappa shape index (κ2) is 9.56. The van der Waals surface area contributed by atoms with Crippen molar-refractivity contribution in [2.45, 2.75) is 12.6 Å². The molecule has 5 nitrogen and oxygen atoms in total. The molecular formula is C15H23N2NaO3. The van der Waals surface area contributed by atoms with Gasteiger partial charge in [0, 0.05) is 26.2 Å². The maximum absolute atomic E-state index is 11.4. The number of hydrogen-bond acceptors (Lipinski definition) is 4. The van der Waals surface area contributed by atoms with Gasteiger partial charge in [-0.3, -0.25) is 9.69 Å². The second-order valence-electron chi connectivity index (χ2n) is 5.19. The molecule has 1 aromatic rings. The molecule has 6 heteroatoms. The summed E-state index contributed by atoms with van der Waals surface area (Å²) in [6.07, 6.45) is 0. The van der Waals surface area contributed by atoms with E-state index in [0.29, 0.717) is 6.61 Å². The zero-order chi connectivity index (χ0) is 14.4. The van der Waals surface area contributed by atoms with Gasteiger partial charge in [0.1, 0.15) is 6.04 Å². The predicted molar refractivity (Wildman–Crippen MR) is 83.7 cm³/mol. The number of hydrogen-bond donors (Lipinski definition) is 1. The first kappa shape index (κ1) is 18.6. The molecule has 112 valence electrons. The molecule has 0 saturated carbocycles. The van der Waals surface area contributed by atoms with Crippen molar-refractivity contribution in [3.8, 4) is 0 Å². The Balaban J connectivity index is 0.00000220. The fourth-order valence-corrected chi connectivity index (χ4v) is 2.33. The Hall–Kier alpha value is -0.430. The number of benzene rings is 1. The van der Waals surface area contributed by atoms with Crippen LogP contribution in [0.5, 0.6) is 0 Å². The van der Waals surface area contributed by atoms with Gasteiger partial charge in [-0.1, -0.05) is 30.3 Å². The molecule has 1 N–H and O–H groups in total. The van der Waals surface area contributed by atoms with Crippen molar-refractivity contribution in [2.75, 3.05) is 39.8 Å². The molecule has 0 amide bonds. The van der Waals surface area contributed by atoms with Crippen molar-refractivity contribution in [3.05, 3.63) is 35.9 Å². The Morgan fingerprint density at radius 1 is 1.24 bits per heavy atom. The Bertz CT molecular complexity index is 422. The van der Waals surface area contributed by atoms with E-state index in [-0.39, 0.29) is 36.2 Å². The third-order valence-corrected chi connectivity index (χ3v) is 3.65. The van der Waals surface area contributed by atoms with Crippen LogP contribution in [0.4, 0.5) is 0 Å². The number of ether oxygens (including phenoxy) is 1. The van der Waals surface area contributed by atoms with Crippen molar-refractivity contribution in [1.29, 1.82) is 0 Å². The standard InChI is InChI=1S/C15H22N2O3.Na.H/c1-16-7-9-17(10-8-16)14(15(18)19)12-20-11-13-5-3-2-4-6-13;;/h2-6,14H,7-12H2,1H3,(H,18,19);;. The minimum atomic E-state index is -0.803. The molecule has 0 radical (unpaired) electrons. The van der Waals surface area contributed by atoms with Gasteiger partial charge in [-0.05, 0) is 12.6 Å². The van der Waals surface area contributed by atoms with Crippen LogP contribution in [0.2, 0.25) is 0 Å². The number of carboxylic acids is 1. The summed E-state index contributed by atoms with van der Waals surface area (Å²) in [7, 11) is 2.05. The van der Waals surface area contributed by atoms with E-state index in [1.165, 1.54) is 0 Å². The van der Waals surface area contributed by atoms with Gasteiger partial charge in [0.05, 0.1) is 13.2 Å². The molecule has 1 fully saturated rings. The minimum absolute atomic E-state index is 0. The molecule has 0 bridgehead atoms. The summed E-state index contributed by atoms with van der Waals surface area (Å²) in [5.41, 5.74) is 1.06. The average molecular weight is 302 g/mol. The third-order valence-electron chi connectivity index (χ3n) is 3.65. The van der Waals surface area contributed by atoms with E-state index in [4.69, 9.17) is 4.74 Å². The van der Waals surface area contributed by atoms with E-state index in [9.17, 15) is 9.90 Å². The molecule has 2 rings (SSSR count). The molecule has 1 heterocycles. The summed E-state index contributed by atoms with van der Waals surface area (Å²) >= 11 is 0. The van der Waals surface area contributed by atoms with Gasteiger partial charge in [-0.25, -0.2) is 0 Å². The third kappa shape index (κ3) is 6.06. The van der Waals surface area contributed by atoms with Crippen LogP contribution < -0.4 is 0 Å². The van der Waals surface area contributed by atoms with Gasteiger partial charge in [0.15, 0.2) is 0 Å². The SMILES string of the molecule is CN1CCN(C(COCc2ccccc2)C(=O)O)CC1.[NaH]. The zero-order valence-corrected chi connectivity index (χ0v) is 11.9. The maximum atomic E-state index is 11.4. The molecule has 1 aromatic carbocycles. The van der Waals surface area contributed by atoms with Gasteiger partial charge in [0.2, 0.25) is 0 Å². The Morgan fingerprint density at radius 2 is 1.86 bits per heavy atom. The Morgan fingerprint density at radius 3 is 2.43 bits per heavy atom. The van der Waals surface area contributed by atoms with Crippen LogP contribution in [0.25, 0.3) is 0 Å². The van der Waals surface area contributed by atoms with Crippen LogP contribution in [0, 0.1) is 0 Å². The van der Waals surface area contributed by atoms with Crippen LogP contribution in [0.15, 0.2) is 30.3 Å². The summed E-state index contributed by atoms with van der Waals surface area (Å²) in [6, 6.07) is 9.26. The van der Waals surface area contributed by atoms with Crippen molar-refractivity contribution in [1.82, 2.24) is 9.80 Å². The average Bonchev–Trinajstić information content (AvgIpc) is 2.46. The van der Waals surface area contributed by atoms with E-state index in [0.717, 1.165) is 31.7 Å². The van der Waals surface area contributed by atoms with E-state index in [1.807, 2.05) is 35.2 Å². The van der Waals surface area contributed by atoms with E-state index >= 15 is 0 Å². The molecule has 1 aliphatic rings. The molecule has 0 aromatic heterocycles. The fourth-order valence-electron chi connectivity index (χ4n) is 2.33. The predicted octanol–water partition coefficient (Wildman–Crippen LogP) is 0.255. The Kier molecular flexibility index (Phi) is 8.48. The van der Waals surface area contributed by atoms with Crippen LogP contribution in [0.1, 0.15) is 5.56 Å². The summed E-state index contributed by atoms with van der Waals surface area (Å²) in [5, 5.41) is 9.35. The molecule has 0 spiro atoms. The fraction of sp³-hybridized carbons (Fsp3) is 0.533. The Labute approximate surface area is 148 Å². The van der Waals surface area contributed by atoms with E-state index in [2.05, 4.69) is 11.9 Å². The van der Waals surface area contributed by atoms with E-state index in [1.54, 1.807) is 0 Å².